The highest BCUT2D eigenvalue weighted by Gasteiger charge is 2.25. The monoisotopic (exact) mass is 312 g/mol. The second-order valence-electron chi connectivity index (χ2n) is 5.31. The van der Waals surface area contributed by atoms with Gasteiger partial charge in [0, 0.05) is 29.8 Å². The van der Waals surface area contributed by atoms with Crippen LogP contribution in [-0.4, -0.2) is 23.8 Å². The van der Waals surface area contributed by atoms with Crippen LogP contribution in [0.3, 0.4) is 0 Å². The Hall–Kier alpha value is -0.580. The molecule has 1 unspecified atom stereocenters. The second-order valence-corrected chi connectivity index (χ2v) is 6.23. The van der Waals surface area contributed by atoms with Crippen LogP contribution in [0, 0.1) is 0 Å². The summed E-state index contributed by atoms with van der Waals surface area (Å²) in [5.74, 6) is 0. The molecule has 100 valence electrons. The number of aliphatic hydroxyl groups is 1. The van der Waals surface area contributed by atoms with E-state index >= 15 is 0 Å². The highest BCUT2D eigenvalue weighted by atomic mass is 79.9. The molecule has 4 heteroatoms. The van der Waals surface area contributed by atoms with Crippen LogP contribution in [0.1, 0.15) is 31.7 Å². The zero-order valence-corrected chi connectivity index (χ0v) is 12.4. The van der Waals surface area contributed by atoms with Gasteiger partial charge in [0.25, 0.3) is 0 Å². The van der Waals surface area contributed by atoms with Crippen LogP contribution in [0.4, 0.5) is 5.69 Å². The lowest BCUT2D eigenvalue weighted by atomic mass is 9.98. The molecule has 1 aromatic carbocycles. The van der Waals surface area contributed by atoms with Crippen molar-refractivity contribution in [3.05, 3.63) is 28.2 Å². The highest BCUT2D eigenvalue weighted by Crippen LogP contribution is 2.29. The molecule has 1 atom stereocenters. The second kappa shape index (κ2) is 5.59. The third-order valence-corrected chi connectivity index (χ3v) is 4.16. The molecular weight excluding hydrogens is 292 g/mol. The number of anilines is 1. The summed E-state index contributed by atoms with van der Waals surface area (Å²) in [5, 5.41) is 10.1. The van der Waals surface area contributed by atoms with E-state index in [1.165, 1.54) is 11.3 Å². The quantitative estimate of drug-likeness (QED) is 0.882. The number of nitrogens with zero attached hydrogens (tertiary/aromatic N) is 1. The van der Waals surface area contributed by atoms with Crippen LogP contribution in [-0.2, 0) is 6.54 Å². The smallest absolute Gasteiger partial charge is 0.0637 e. The Balaban J connectivity index is 2.23. The van der Waals surface area contributed by atoms with Gasteiger partial charge in [0.15, 0.2) is 0 Å². The van der Waals surface area contributed by atoms with Gasteiger partial charge in [0.05, 0.1) is 5.60 Å². The summed E-state index contributed by atoms with van der Waals surface area (Å²) in [5.41, 5.74) is 7.65. The van der Waals surface area contributed by atoms with Crippen LogP contribution in [0.5, 0.6) is 0 Å². The standard InChI is InChI=1S/C14H21BrN2O/c1-14(18)5-2-7-17(8-6-14)13-9-12(15)4-3-11(13)10-16/h3-4,9,18H,2,5-8,10,16H2,1H3. The van der Waals surface area contributed by atoms with Gasteiger partial charge in [0.2, 0.25) is 0 Å². The molecule has 0 aromatic heterocycles. The van der Waals surface area contributed by atoms with Gasteiger partial charge in [-0.3, -0.25) is 0 Å². The first-order valence-corrected chi connectivity index (χ1v) is 7.27. The number of halogens is 1. The van der Waals surface area contributed by atoms with Crippen molar-refractivity contribution in [3.8, 4) is 0 Å². The topological polar surface area (TPSA) is 49.5 Å². The van der Waals surface area contributed by atoms with Crippen molar-refractivity contribution in [1.82, 2.24) is 0 Å². The van der Waals surface area contributed by atoms with Crippen molar-refractivity contribution < 1.29 is 5.11 Å². The van der Waals surface area contributed by atoms with Gasteiger partial charge in [-0.25, -0.2) is 0 Å². The average Bonchev–Trinajstić information content (AvgIpc) is 2.50. The van der Waals surface area contributed by atoms with Crippen LogP contribution in [0.25, 0.3) is 0 Å². The molecule has 1 aliphatic rings. The molecule has 0 spiro atoms. The summed E-state index contributed by atoms with van der Waals surface area (Å²) in [6.07, 6.45) is 2.70. The van der Waals surface area contributed by atoms with Crippen molar-refractivity contribution in [2.75, 3.05) is 18.0 Å². The Bertz CT molecular complexity index is 420. The van der Waals surface area contributed by atoms with Crippen molar-refractivity contribution in [2.24, 2.45) is 5.73 Å². The number of hydrogen-bond donors (Lipinski definition) is 2. The highest BCUT2D eigenvalue weighted by molar-refractivity contribution is 9.10. The summed E-state index contributed by atoms with van der Waals surface area (Å²) >= 11 is 3.52. The molecule has 1 fully saturated rings. The van der Waals surface area contributed by atoms with Crippen molar-refractivity contribution >= 4 is 21.6 Å². The molecule has 0 amide bonds. The summed E-state index contributed by atoms with van der Waals surface area (Å²) in [6.45, 7) is 4.35. The molecule has 0 aliphatic carbocycles. The van der Waals surface area contributed by atoms with E-state index in [0.29, 0.717) is 6.54 Å². The molecule has 18 heavy (non-hydrogen) atoms. The lowest BCUT2D eigenvalue weighted by Gasteiger charge is -2.26. The van der Waals surface area contributed by atoms with Crippen molar-refractivity contribution in [1.29, 1.82) is 0 Å². The van der Waals surface area contributed by atoms with Gasteiger partial charge >= 0.3 is 0 Å². The maximum Gasteiger partial charge on any atom is 0.0637 e. The maximum atomic E-state index is 10.1. The molecule has 3 nitrogen and oxygen atoms in total. The van der Waals surface area contributed by atoms with E-state index in [-0.39, 0.29) is 0 Å². The fraction of sp³-hybridized carbons (Fsp3) is 0.571. The predicted molar refractivity (Wildman–Crippen MR) is 78.7 cm³/mol. The lowest BCUT2D eigenvalue weighted by Crippen LogP contribution is -2.29. The van der Waals surface area contributed by atoms with Crippen LogP contribution in [0.15, 0.2) is 22.7 Å². The minimum atomic E-state index is -0.524. The molecule has 1 saturated heterocycles. The molecule has 0 bridgehead atoms. The Kier molecular flexibility index (Phi) is 4.30. The number of hydrogen-bond acceptors (Lipinski definition) is 3. The summed E-state index contributed by atoms with van der Waals surface area (Å²) in [6, 6.07) is 6.23. The number of benzene rings is 1. The Labute approximate surface area is 117 Å². The number of nitrogens with two attached hydrogens (primary N) is 1. The molecule has 1 heterocycles. The fourth-order valence-corrected chi connectivity index (χ4v) is 2.86. The van der Waals surface area contributed by atoms with E-state index in [4.69, 9.17) is 5.73 Å². The van der Waals surface area contributed by atoms with Crippen LogP contribution < -0.4 is 10.6 Å². The summed E-state index contributed by atoms with van der Waals surface area (Å²) in [4.78, 5) is 2.34. The van der Waals surface area contributed by atoms with Crippen molar-refractivity contribution in [2.45, 2.75) is 38.3 Å². The van der Waals surface area contributed by atoms with E-state index in [9.17, 15) is 5.11 Å². The third kappa shape index (κ3) is 3.25. The predicted octanol–water partition coefficient (Wildman–Crippen LogP) is 2.65. The van der Waals surface area contributed by atoms with Gasteiger partial charge in [-0.1, -0.05) is 22.0 Å². The van der Waals surface area contributed by atoms with E-state index in [1.807, 2.05) is 13.0 Å². The molecule has 1 aliphatic heterocycles. The van der Waals surface area contributed by atoms with Gasteiger partial charge in [0.1, 0.15) is 0 Å². The molecular formula is C14H21BrN2O. The Morgan fingerprint density at radius 1 is 1.39 bits per heavy atom. The first-order valence-electron chi connectivity index (χ1n) is 6.48. The van der Waals surface area contributed by atoms with Crippen LogP contribution >= 0.6 is 15.9 Å². The van der Waals surface area contributed by atoms with Crippen molar-refractivity contribution in [3.63, 3.8) is 0 Å². The zero-order valence-electron chi connectivity index (χ0n) is 10.8. The molecule has 1 aromatic rings. The van der Waals surface area contributed by atoms with Gasteiger partial charge in [-0.2, -0.15) is 0 Å². The molecule has 0 saturated carbocycles. The minimum absolute atomic E-state index is 0.524. The fourth-order valence-electron chi connectivity index (χ4n) is 2.51. The summed E-state index contributed by atoms with van der Waals surface area (Å²) < 4.78 is 1.07. The third-order valence-electron chi connectivity index (χ3n) is 3.67. The Morgan fingerprint density at radius 3 is 2.89 bits per heavy atom. The van der Waals surface area contributed by atoms with Gasteiger partial charge < -0.3 is 15.7 Å². The van der Waals surface area contributed by atoms with E-state index in [1.54, 1.807) is 0 Å². The first kappa shape index (κ1) is 13.8. The van der Waals surface area contributed by atoms with Gasteiger partial charge in [-0.05, 0) is 43.9 Å². The molecule has 3 N–H and O–H groups in total. The molecule has 2 rings (SSSR count). The normalized spacial score (nSPS) is 25.0. The van der Waals surface area contributed by atoms with E-state index in [0.717, 1.165) is 36.8 Å². The van der Waals surface area contributed by atoms with E-state index < -0.39 is 5.60 Å². The van der Waals surface area contributed by atoms with E-state index in [2.05, 4.69) is 33.0 Å². The molecule has 0 radical (unpaired) electrons. The lowest BCUT2D eigenvalue weighted by molar-refractivity contribution is 0.0481. The first-order chi connectivity index (χ1) is 8.52. The van der Waals surface area contributed by atoms with Crippen LogP contribution in [0.2, 0.25) is 0 Å². The SMILES string of the molecule is CC1(O)CCCN(c2cc(Br)ccc2CN)CC1. The minimum Gasteiger partial charge on any atom is -0.390 e. The zero-order chi connectivity index (χ0) is 13.2. The average molecular weight is 313 g/mol. The summed E-state index contributed by atoms with van der Waals surface area (Å²) in [7, 11) is 0. The largest absolute Gasteiger partial charge is 0.390 e. The maximum absolute atomic E-state index is 10.1. The Morgan fingerprint density at radius 2 is 2.17 bits per heavy atom. The number of rotatable bonds is 2. The van der Waals surface area contributed by atoms with Gasteiger partial charge in [-0.15, -0.1) is 0 Å².